The van der Waals surface area contributed by atoms with Gasteiger partial charge in [-0.3, -0.25) is 9.48 Å². The third-order valence-corrected chi connectivity index (χ3v) is 3.47. The molecule has 5 nitrogen and oxygen atoms in total. The molecule has 19 heavy (non-hydrogen) atoms. The number of hydrogen-bond donors (Lipinski definition) is 1. The molecule has 0 aliphatic carbocycles. The number of fused-ring (bicyclic) bond motifs is 1. The number of rotatable bonds is 2. The van der Waals surface area contributed by atoms with Gasteiger partial charge >= 0.3 is 0 Å². The van der Waals surface area contributed by atoms with Crippen molar-refractivity contribution in [3.8, 4) is 0 Å². The van der Waals surface area contributed by atoms with Crippen LogP contribution in [0, 0.1) is 6.92 Å². The maximum absolute atomic E-state index is 11.7. The van der Waals surface area contributed by atoms with Gasteiger partial charge in [0.2, 0.25) is 0 Å². The summed E-state index contributed by atoms with van der Waals surface area (Å²) in [5.41, 5.74) is 2.94. The van der Waals surface area contributed by atoms with Gasteiger partial charge in [-0.1, -0.05) is 18.2 Å². The third kappa shape index (κ3) is 1.93. The van der Waals surface area contributed by atoms with Gasteiger partial charge in [-0.2, -0.15) is 10.2 Å². The second kappa shape index (κ2) is 4.35. The third-order valence-electron chi connectivity index (χ3n) is 3.47. The van der Waals surface area contributed by atoms with Crippen LogP contribution in [0.2, 0.25) is 0 Å². The van der Waals surface area contributed by atoms with E-state index in [0.717, 1.165) is 22.3 Å². The van der Waals surface area contributed by atoms with Crippen molar-refractivity contribution < 1.29 is 0 Å². The van der Waals surface area contributed by atoms with Gasteiger partial charge in [0, 0.05) is 24.5 Å². The van der Waals surface area contributed by atoms with E-state index in [9.17, 15) is 4.79 Å². The van der Waals surface area contributed by atoms with E-state index in [2.05, 4.69) is 15.3 Å². The maximum atomic E-state index is 11.7. The van der Waals surface area contributed by atoms with Crippen LogP contribution >= 0.6 is 0 Å². The summed E-state index contributed by atoms with van der Waals surface area (Å²) in [5.74, 6) is 0. The lowest BCUT2D eigenvalue weighted by Crippen LogP contribution is -2.11. The molecule has 0 aliphatic heterocycles. The van der Waals surface area contributed by atoms with Crippen molar-refractivity contribution in [2.24, 2.45) is 7.05 Å². The highest BCUT2D eigenvalue weighted by molar-refractivity contribution is 5.83. The molecule has 1 N–H and O–H groups in total. The Kier molecular flexibility index (Phi) is 2.67. The van der Waals surface area contributed by atoms with Crippen LogP contribution in [0.1, 0.15) is 17.0 Å². The minimum absolute atomic E-state index is 0.151. The van der Waals surface area contributed by atoms with Crippen molar-refractivity contribution in [1.82, 2.24) is 20.0 Å². The van der Waals surface area contributed by atoms with E-state index in [1.165, 1.54) is 0 Å². The molecule has 0 atom stereocenters. The summed E-state index contributed by atoms with van der Waals surface area (Å²) in [7, 11) is 1.91. The fourth-order valence-corrected chi connectivity index (χ4v) is 2.20. The maximum Gasteiger partial charge on any atom is 0.272 e. The highest BCUT2D eigenvalue weighted by atomic mass is 16.1. The topological polar surface area (TPSA) is 63.6 Å². The van der Waals surface area contributed by atoms with Gasteiger partial charge in [0.1, 0.15) is 0 Å². The molecule has 0 aliphatic rings. The monoisotopic (exact) mass is 254 g/mol. The van der Waals surface area contributed by atoms with Crippen molar-refractivity contribution >= 4 is 10.8 Å². The molecule has 0 saturated carbocycles. The second-order valence-electron chi connectivity index (χ2n) is 4.60. The van der Waals surface area contributed by atoms with Crippen LogP contribution < -0.4 is 5.56 Å². The van der Waals surface area contributed by atoms with Crippen molar-refractivity contribution in [2.45, 2.75) is 13.3 Å². The SMILES string of the molecule is Cc1c(Cc2n[nH]c(=O)c3ccccc23)cnn1C. The first kappa shape index (κ1) is 11.6. The predicted octanol–water partition coefficient (Wildman–Crippen LogP) is 1.56. The van der Waals surface area contributed by atoms with Crippen LogP contribution in [0.3, 0.4) is 0 Å². The molecule has 0 unspecified atom stereocenters. The summed E-state index contributed by atoms with van der Waals surface area (Å²) < 4.78 is 1.84. The lowest BCUT2D eigenvalue weighted by atomic mass is 10.1. The Balaban J connectivity index is 2.14. The Morgan fingerprint density at radius 3 is 2.68 bits per heavy atom. The fourth-order valence-electron chi connectivity index (χ4n) is 2.20. The predicted molar refractivity (Wildman–Crippen MR) is 73.1 cm³/mol. The largest absolute Gasteiger partial charge is 0.273 e. The minimum atomic E-state index is -0.151. The molecule has 96 valence electrons. The summed E-state index contributed by atoms with van der Waals surface area (Å²) in [6.07, 6.45) is 2.51. The number of H-pyrrole nitrogens is 1. The van der Waals surface area contributed by atoms with E-state index in [-0.39, 0.29) is 5.56 Å². The number of nitrogens with one attached hydrogen (secondary N) is 1. The molecule has 1 aromatic carbocycles. The van der Waals surface area contributed by atoms with Crippen molar-refractivity contribution in [3.63, 3.8) is 0 Å². The first-order valence-corrected chi connectivity index (χ1v) is 6.10. The van der Waals surface area contributed by atoms with Gasteiger partial charge < -0.3 is 0 Å². The lowest BCUT2D eigenvalue weighted by Gasteiger charge is -2.04. The summed E-state index contributed by atoms with van der Waals surface area (Å²) in [4.78, 5) is 11.7. The number of aromatic amines is 1. The number of hydrogen-bond acceptors (Lipinski definition) is 3. The van der Waals surface area contributed by atoms with Gasteiger partial charge in [-0.15, -0.1) is 0 Å². The standard InChI is InChI=1S/C14H14N4O/c1-9-10(8-15-18(9)2)7-13-11-5-3-4-6-12(11)14(19)17-16-13/h3-6,8H,7H2,1-2H3,(H,17,19). The van der Waals surface area contributed by atoms with E-state index in [1.807, 2.05) is 49.1 Å². The zero-order valence-corrected chi connectivity index (χ0v) is 10.8. The van der Waals surface area contributed by atoms with Crippen LogP contribution in [0.15, 0.2) is 35.3 Å². The first-order valence-electron chi connectivity index (χ1n) is 6.10. The zero-order valence-electron chi connectivity index (χ0n) is 10.8. The van der Waals surface area contributed by atoms with E-state index in [0.29, 0.717) is 11.8 Å². The molecule has 0 spiro atoms. The summed E-state index contributed by atoms with van der Waals surface area (Å²) in [6.45, 7) is 2.02. The van der Waals surface area contributed by atoms with E-state index in [1.54, 1.807) is 0 Å². The Morgan fingerprint density at radius 2 is 2.00 bits per heavy atom. The van der Waals surface area contributed by atoms with E-state index in [4.69, 9.17) is 0 Å². The lowest BCUT2D eigenvalue weighted by molar-refractivity contribution is 0.738. The number of nitrogens with zero attached hydrogens (tertiary/aromatic N) is 3. The quantitative estimate of drug-likeness (QED) is 0.754. The molecule has 0 fully saturated rings. The molecule has 3 aromatic rings. The van der Waals surface area contributed by atoms with Crippen LogP contribution in [0.4, 0.5) is 0 Å². The number of benzene rings is 1. The molecule has 5 heteroatoms. The summed E-state index contributed by atoms with van der Waals surface area (Å²) >= 11 is 0. The average Bonchev–Trinajstić information content (AvgIpc) is 2.74. The van der Waals surface area contributed by atoms with Crippen molar-refractivity contribution in [1.29, 1.82) is 0 Å². The molecule has 2 aromatic heterocycles. The van der Waals surface area contributed by atoms with E-state index >= 15 is 0 Å². The van der Waals surface area contributed by atoms with Crippen LogP contribution in [0.25, 0.3) is 10.8 Å². The normalized spacial score (nSPS) is 11.1. The molecule has 0 amide bonds. The molecule has 2 heterocycles. The first-order chi connectivity index (χ1) is 9.16. The fraction of sp³-hybridized carbons (Fsp3) is 0.214. The highest BCUT2D eigenvalue weighted by Gasteiger charge is 2.10. The Morgan fingerprint density at radius 1 is 1.26 bits per heavy atom. The second-order valence-corrected chi connectivity index (χ2v) is 4.60. The molecular weight excluding hydrogens is 240 g/mol. The smallest absolute Gasteiger partial charge is 0.272 e. The van der Waals surface area contributed by atoms with Gasteiger partial charge in [-0.05, 0) is 18.6 Å². The minimum Gasteiger partial charge on any atom is -0.273 e. The zero-order chi connectivity index (χ0) is 13.4. The van der Waals surface area contributed by atoms with E-state index < -0.39 is 0 Å². The Bertz CT molecular complexity index is 801. The Labute approximate surface area is 109 Å². The molecular formula is C14H14N4O. The van der Waals surface area contributed by atoms with Crippen LogP contribution in [0.5, 0.6) is 0 Å². The van der Waals surface area contributed by atoms with Gasteiger partial charge in [0.15, 0.2) is 0 Å². The summed E-state index contributed by atoms with van der Waals surface area (Å²) in [5, 5.41) is 12.5. The number of aromatic nitrogens is 4. The molecule has 0 bridgehead atoms. The van der Waals surface area contributed by atoms with Gasteiger partial charge in [-0.25, -0.2) is 5.10 Å². The molecule has 3 rings (SSSR count). The van der Waals surface area contributed by atoms with Crippen LogP contribution in [-0.2, 0) is 13.5 Å². The Hall–Kier alpha value is -2.43. The van der Waals surface area contributed by atoms with Gasteiger partial charge in [0.25, 0.3) is 5.56 Å². The summed E-state index contributed by atoms with van der Waals surface area (Å²) in [6, 6.07) is 7.52. The van der Waals surface area contributed by atoms with Crippen LogP contribution in [-0.4, -0.2) is 20.0 Å². The number of aryl methyl sites for hydroxylation is 1. The van der Waals surface area contributed by atoms with Crippen molar-refractivity contribution in [2.75, 3.05) is 0 Å². The molecule has 0 saturated heterocycles. The average molecular weight is 254 g/mol. The van der Waals surface area contributed by atoms with Gasteiger partial charge in [0.05, 0.1) is 17.3 Å². The molecule has 0 radical (unpaired) electrons. The highest BCUT2D eigenvalue weighted by Crippen LogP contribution is 2.17. The van der Waals surface area contributed by atoms with Crippen molar-refractivity contribution in [3.05, 3.63) is 57.8 Å².